The van der Waals surface area contributed by atoms with Gasteiger partial charge in [-0.15, -0.1) is 0 Å². The highest BCUT2D eigenvalue weighted by Gasteiger charge is 2.42. The van der Waals surface area contributed by atoms with E-state index in [9.17, 15) is 9.59 Å². The number of amides is 3. The zero-order chi connectivity index (χ0) is 18.1. The maximum absolute atomic E-state index is 12.9. The van der Waals surface area contributed by atoms with Crippen LogP contribution in [0.15, 0.2) is 24.3 Å². The predicted octanol–water partition coefficient (Wildman–Crippen LogP) is 3.14. The van der Waals surface area contributed by atoms with Crippen LogP contribution in [0.4, 0.5) is 10.5 Å². The smallest absolute Gasteiger partial charge is 0.322 e. The topological polar surface area (TPSA) is 70.7 Å². The molecule has 0 radical (unpaired) electrons. The third kappa shape index (κ3) is 3.64. The number of methoxy groups -OCH3 is 1. The van der Waals surface area contributed by atoms with Crippen molar-refractivity contribution in [3.8, 4) is 5.75 Å². The molecule has 2 heterocycles. The van der Waals surface area contributed by atoms with Crippen LogP contribution in [-0.4, -0.2) is 42.1 Å². The molecule has 6 nitrogen and oxygen atoms in total. The first-order chi connectivity index (χ1) is 12.6. The second-order valence-electron chi connectivity index (χ2n) is 7.76. The molecule has 2 bridgehead atoms. The summed E-state index contributed by atoms with van der Waals surface area (Å²) in [5.41, 5.74) is 0.747. The molecule has 2 saturated heterocycles. The first-order valence-corrected chi connectivity index (χ1v) is 9.68. The van der Waals surface area contributed by atoms with Crippen molar-refractivity contribution in [3.63, 3.8) is 0 Å². The summed E-state index contributed by atoms with van der Waals surface area (Å²) in [4.78, 5) is 27.0. The number of fused-ring (bicyclic) bond motifs is 2. The number of hydrogen-bond donors (Lipinski definition) is 2. The number of carbonyl (C=O) groups is 2. The van der Waals surface area contributed by atoms with Crippen molar-refractivity contribution in [3.05, 3.63) is 24.3 Å². The van der Waals surface area contributed by atoms with Crippen LogP contribution in [-0.2, 0) is 4.79 Å². The molecular formula is C20H27N3O3. The monoisotopic (exact) mass is 357 g/mol. The van der Waals surface area contributed by atoms with E-state index in [1.165, 1.54) is 0 Å². The van der Waals surface area contributed by atoms with Crippen molar-refractivity contribution >= 4 is 17.6 Å². The van der Waals surface area contributed by atoms with Gasteiger partial charge in [-0.1, -0.05) is 6.07 Å². The van der Waals surface area contributed by atoms with E-state index in [0.29, 0.717) is 0 Å². The van der Waals surface area contributed by atoms with Gasteiger partial charge in [0.25, 0.3) is 0 Å². The lowest BCUT2D eigenvalue weighted by Gasteiger charge is -2.48. The van der Waals surface area contributed by atoms with Crippen molar-refractivity contribution < 1.29 is 14.3 Å². The van der Waals surface area contributed by atoms with Crippen LogP contribution in [0.2, 0.25) is 0 Å². The first kappa shape index (κ1) is 17.2. The van der Waals surface area contributed by atoms with Crippen molar-refractivity contribution in [2.45, 2.75) is 63.1 Å². The Hall–Kier alpha value is -2.24. The average Bonchev–Trinajstić information content (AvgIpc) is 3.46. The fourth-order valence-corrected chi connectivity index (χ4v) is 4.38. The molecule has 3 atom stereocenters. The van der Waals surface area contributed by atoms with E-state index in [0.717, 1.165) is 56.4 Å². The Morgan fingerprint density at radius 1 is 1.12 bits per heavy atom. The molecule has 140 valence electrons. The molecule has 3 amide bonds. The van der Waals surface area contributed by atoms with Gasteiger partial charge < -0.3 is 20.3 Å². The standard InChI is InChI=1S/C20H27N3O3/c1-26-18-7-2-4-14(12-18)22-20(25)23-16-5-3-6-17(23)11-15(10-16)21-19(24)13-8-9-13/h2,4,7,12-13,15-17H,3,5-6,8-11H2,1H3,(H,21,24)(H,22,25)/t15?,16-,17+. The Morgan fingerprint density at radius 2 is 1.85 bits per heavy atom. The molecule has 4 rings (SSSR count). The van der Waals surface area contributed by atoms with Crippen LogP contribution in [0, 0.1) is 5.92 Å². The Kier molecular flexibility index (Phi) is 4.74. The number of nitrogens with zero attached hydrogens (tertiary/aromatic N) is 1. The summed E-state index contributed by atoms with van der Waals surface area (Å²) in [5.74, 6) is 1.18. The summed E-state index contributed by atoms with van der Waals surface area (Å²) >= 11 is 0. The molecule has 1 unspecified atom stereocenters. The Labute approximate surface area is 154 Å². The van der Waals surface area contributed by atoms with E-state index in [-0.39, 0.29) is 36.0 Å². The van der Waals surface area contributed by atoms with Crippen molar-refractivity contribution in [2.75, 3.05) is 12.4 Å². The highest BCUT2D eigenvalue weighted by Crippen LogP contribution is 2.36. The minimum absolute atomic E-state index is 0.0417. The summed E-state index contributed by atoms with van der Waals surface area (Å²) in [5, 5.41) is 6.24. The number of ether oxygens (including phenoxy) is 1. The first-order valence-electron chi connectivity index (χ1n) is 9.68. The molecule has 26 heavy (non-hydrogen) atoms. The van der Waals surface area contributed by atoms with Crippen molar-refractivity contribution in [2.24, 2.45) is 5.92 Å². The number of piperidine rings is 2. The quantitative estimate of drug-likeness (QED) is 0.870. The molecule has 1 saturated carbocycles. The molecule has 0 aromatic heterocycles. The number of carbonyl (C=O) groups excluding carboxylic acids is 2. The van der Waals surface area contributed by atoms with E-state index in [1.807, 2.05) is 29.2 Å². The second kappa shape index (κ2) is 7.17. The van der Waals surface area contributed by atoms with Gasteiger partial charge in [-0.05, 0) is 57.1 Å². The number of urea groups is 1. The molecule has 0 spiro atoms. The van der Waals surface area contributed by atoms with Crippen molar-refractivity contribution in [1.29, 1.82) is 0 Å². The predicted molar refractivity (Wildman–Crippen MR) is 99.2 cm³/mol. The van der Waals surface area contributed by atoms with Gasteiger partial charge in [-0.25, -0.2) is 4.79 Å². The summed E-state index contributed by atoms with van der Waals surface area (Å²) in [6.45, 7) is 0. The van der Waals surface area contributed by atoms with Gasteiger partial charge in [-0.3, -0.25) is 4.79 Å². The lowest BCUT2D eigenvalue weighted by Crippen LogP contribution is -2.59. The molecular weight excluding hydrogens is 330 g/mol. The molecule has 3 fully saturated rings. The maximum atomic E-state index is 12.9. The molecule has 1 aliphatic carbocycles. The molecule has 2 N–H and O–H groups in total. The fourth-order valence-electron chi connectivity index (χ4n) is 4.38. The highest BCUT2D eigenvalue weighted by atomic mass is 16.5. The summed E-state index contributed by atoms with van der Waals surface area (Å²) in [6.07, 6.45) is 6.96. The van der Waals surface area contributed by atoms with Gasteiger partial charge in [0.1, 0.15) is 5.75 Å². The van der Waals surface area contributed by atoms with Gasteiger partial charge in [0.2, 0.25) is 5.91 Å². The number of rotatable bonds is 4. The number of hydrogen-bond acceptors (Lipinski definition) is 3. The number of benzene rings is 1. The zero-order valence-corrected chi connectivity index (χ0v) is 15.2. The number of nitrogens with one attached hydrogen (secondary N) is 2. The van der Waals surface area contributed by atoms with Crippen molar-refractivity contribution in [1.82, 2.24) is 10.2 Å². The van der Waals surface area contributed by atoms with E-state index >= 15 is 0 Å². The second-order valence-corrected chi connectivity index (χ2v) is 7.76. The Morgan fingerprint density at radius 3 is 2.50 bits per heavy atom. The minimum Gasteiger partial charge on any atom is -0.497 e. The van der Waals surface area contributed by atoms with Gasteiger partial charge in [-0.2, -0.15) is 0 Å². The Bertz CT molecular complexity index is 675. The largest absolute Gasteiger partial charge is 0.497 e. The fraction of sp³-hybridized carbons (Fsp3) is 0.600. The maximum Gasteiger partial charge on any atom is 0.322 e. The lowest BCUT2D eigenvalue weighted by molar-refractivity contribution is -0.123. The van der Waals surface area contributed by atoms with Crippen LogP contribution >= 0.6 is 0 Å². The van der Waals surface area contributed by atoms with Crippen LogP contribution in [0.1, 0.15) is 44.9 Å². The minimum atomic E-state index is -0.0417. The molecule has 6 heteroatoms. The third-order valence-electron chi connectivity index (χ3n) is 5.82. The van der Waals surface area contributed by atoms with Crippen LogP contribution in [0.3, 0.4) is 0 Å². The van der Waals surface area contributed by atoms with Crippen LogP contribution in [0.5, 0.6) is 5.75 Å². The molecule has 3 aliphatic rings. The molecule has 2 aliphatic heterocycles. The third-order valence-corrected chi connectivity index (χ3v) is 5.82. The van der Waals surface area contributed by atoms with Gasteiger partial charge in [0.05, 0.1) is 7.11 Å². The van der Waals surface area contributed by atoms with Gasteiger partial charge >= 0.3 is 6.03 Å². The lowest BCUT2D eigenvalue weighted by atomic mass is 9.82. The van der Waals surface area contributed by atoms with Crippen LogP contribution in [0.25, 0.3) is 0 Å². The van der Waals surface area contributed by atoms with E-state index < -0.39 is 0 Å². The highest BCUT2D eigenvalue weighted by molar-refractivity contribution is 5.90. The molecule has 1 aromatic rings. The van der Waals surface area contributed by atoms with E-state index in [4.69, 9.17) is 4.74 Å². The Balaban J connectivity index is 1.41. The van der Waals surface area contributed by atoms with E-state index in [2.05, 4.69) is 10.6 Å². The summed E-state index contributed by atoms with van der Waals surface area (Å²) < 4.78 is 5.23. The summed E-state index contributed by atoms with van der Waals surface area (Å²) in [6, 6.07) is 8.01. The van der Waals surface area contributed by atoms with Gasteiger partial charge in [0, 0.05) is 35.8 Å². The van der Waals surface area contributed by atoms with Crippen LogP contribution < -0.4 is 15.4 Å². The SMILES string of the molecule is COc1cccc(NC(=O)N2[C@@H]3CCC[C@H]2CC(NC(=O)C2CC2)C3)c1. The van der Waals surface area contributed by atoms with E-state index in [1.54, 1.807) is 7.11 Å². The zero-order valence-electron chi connectivity index (χ0n) is 15.2. The van der Waals surface area contributed by atoms with Gasteiger partial charge in [0.15, 0.2) is 0 Å². The average molecular weight is 357 g/mol. The summed E-state index contributed by atoms with van der Waals surface area (Å²) in [7, 11) is 1.62. The normalized spacial score (nSPS) is 27.6. The molecule has 1 aromatic carbocycles. The number of anilines is 1.